The topological polar surface area (TPSA) is 43.8 Å². The van der Waals surface area contributed by atoms with Gasteiger partial charge in [0.15, 0.2) is 5.78 Å². The largest absolute Gasteiger partial charge is 0.396 e. The molecule has 1 aromatic carbocycles. The molecule has 1 aromatic rings. The first kappa shape index (κ1) is 15.7. The third kappa shape index (κ3) is 3.57. The predicted octanol–water partition coefficient (Wildman–Crippen LogP) is 2.27. The first-order valence-corrected chi connectivity index (χ1v) is 8.49. The van der Waals surface area contributed by atoms with Crippen LogP contribution in [0.3, 0.4) is 0 Å². The highest BCUT2D eigenvalue weighted by Crippen LogP contribution is 2.26. The fourth-order valence-corrected chi connectivity index (χ4v) is 3.71. The van der Waals surface area contributed by atoms with Crippen LogP contribution in [0.1, 0.15) is 48.0 Å². The van der Waals surface area contributed by atoms with Gasteiger partial charge in [-0.25, -0.2) is 0 Å². The number of hydrogen-bond acceptors (Lipinski definition) is 4. The normalized spacial score (nSPS) is 22.7. The van der Waals surface area contributed by atoms with Gasteiger partial charge in [0.05, 0.1) is 6.17 Å². The van der Waals surface area contributed by atoms with Crippen LogP contribution >= 0.6 is 0 Å². The summed E-state index contributed by atoms with van der Waals surface area (Å²) in [5, 5.41) is 8.80. The second kappa shape index (κ2) is 7.36. The van der Waals surface area contributed by atoms with Crippen LogP contribution in [0.4, 0.5) is 0 Å². The molecule has 2 heterocycles. The van der Waals surface area contributed by atoms with Crippen LogP contribution in [0, 0.1) is 0 Å². The monoisotopic (exact) mass is 302 g/mol. The Kier molecular flexibility index (Phi) is 5.24. The number of carbonyl (C=O) groups is 1. The maximum Gasteiger partial charge on any atom is 0.162 e. The number of carbonyl (C=O) groups excluding carboxylic acids is 1. The Morgan fingerprint density at radius 1 is 1.14 bits per heavy atom. The van der Waals surface area contributed by atoms with E-state index in [1.165, 1.54) is 44.5 Å². The van der Waals surface area contributed by atoms with E-state index < -0.39 is 0 Å². The molecular weight excluding hydrogens is 276 g/mol. The van der Waals surface area contributed by atoms with E-state index in [-0.39, 0.29) is 12.4 Å². The summed E-state index contributed by atoms with van der Waals surface area (Å²) in [5.41, 5.74) is 2.05. The van der Waals surface area contributed by atoms with E-state index in [0.717, 1.165) is 12.1 Å². The minimum Gasteiger partial charge on any atom is -0.396 e. The van der Waals surface area contributed by atoms with Crippen molar-refractivity contribution in [3.63, 3.8) is 0 Å². The molecule has 0 spiro atoms. The summed E-state index contributed by atoms with van der Waals surface area (Å²) in [6.45, 7) is 4.74. The maximum absolute atomic E-state index is 11.9. The molecule has 1 atom stereocenters. The quantitative estimate of drug-likeness (QED) is 0.819. The summed E-state index contributed by atoms with van der Waals surface area (Å²) >= 11 is 0. The maximum atomic E-state index is 11.9. The molecular formula is C18H26N2O2. The fraction of sp³-hybridized carbons (Fsp3) is 0.611. The van der Waals surface area contributed by atoms with E-state index in [1.807, 2.05) is 12.1 Å². The number of ketones is 1. The zero-order valence-corrected chi connectivity index (χ0v) is 13.2. The van der Waals surface area contributed by atoms with Crippen molar-refractivity contribution in [2.24, 2.45) is 0 Å². The lowest BCUT2D eigenvalue weighted by atomic mass is 10.0. The van der Waals surface area contributed by atoms with Gasteiger partial charge in [-0.3, -0.25) is 14.6 Å². The van der Waals surface area contributed by atoms with Gasteiger partial charge in [-0.15, -0.1) is 0 Å². The highest BCUT2D eigenvalue weighted by Gasteiger charge is 2.32. The lowest BCUT2D eigenvalue weighted by Gasteiger charge is -2.40. The van der Waals surface area contributed by atoms with Gasteiger partial charge in [0.25, 0.3) is 0 Å². The van der Waals surface area contributed by atoms with Gasteiger partial charge in [0.1, 0.15) is 0 Å². The minimum absolute atomic E-state index is 0.0800. The van der Waals surface area contributed by atoms with Crippen molar-refractivity contribution in [2.75, 3.05) is 26.2 Å². The lowest BCUT2D eigenvalue weighted by molar-refractivity contribution is 0.0287. The van der Waals surface area contributed by atoms with Crippen LogP contribution in [0.2, 0.25) is 0 Å². The average molecular weight is 302 g/mol. The molecule has 4 nitrogen and oxygen atoms in total. The Morgan fingerprint density at radius 2 is 1.91 bits per heavy atom. The molecule has 2 aliphatic rings. The third-order valence-corrected chi connectivity index (χ3v) is 4.86. The Labute approximate surface area is 132 Å². The van der Waals surface area contributed by atoms with E-state index in [9.17, 15) is 4.79 Å². The Morgan fingerprint density at radius 3 is 2.68 bits per heavy atom. The molecule has 4 heteroatoms. The molecule has 0 amide bonds. The number of benzene rings is 1. The third-order valence-electron chi connectivity index (χ3n) is 4.86. The molecule has 0 radical (unpaired) electrons. The van der Waals surface area contributed by atoms with E-state index in [0.29, 0.717) is 19.0 Å². The van der Waals surface area contributed by atoms with Gasteiger partial charge in [-0.2, -0.15) is 0 Å². The van der Waals surface area contributed by atoms with Gasteiger partial charge >= 0.3 is 0 Å². The second-order valence-corrected chi connectivity index (χ2v) is 6.43. The molecule has 2 aliphatic heterocycles. The summed E-state index contributed by atoms with van der Waals surface area (Å²) in [6, 6.07) is 8.04. The molecule has 1 unspecified atom stereocenters. The van der Waals surface area contributed by atoms with Crippen molar-refractivity contribution < 1.29 is 9.90 Å². The van der Waals surface area contributed by atoms with Crippen molar-refractivity contribution in [3.05, 3.63) is 35.4 Å². The zero-order chi connectivity index (χ0) is 15.4. The van der Waals surface area contributed by atoms with Crippen LogP contribution in [-0.4, -0.2) is 53.1 Å². The van der Waals surface area contributed by atoms with Crippen molar-refractivity contribution in [2.45, 2.75) is 44.8 Å². The van der Waals surface area contributed by atoms with Crippen LogP contribution < -0.4 is 0 Å². The van der Waals surface area contributed by atoms with E-state index >= 15 is 0 Å². The van der Waals surface area contributed by atoms with Crippen molar-refractivity contribution in [1.29, 1.82) is 0 Å². The summed E-state index contributed by atoms with van der Waals surface area (Å²) in [7, 11) is 0. The van der Waals surface area contributed by atoms with Crippen molar-refractivity contribution in [3.8, 4) is 0 Å². The van der Waals surface area contributed by atoms with E-state index in [1.54, 1.807) is 0 Å². The number of fused-ring (bicyclic) bond motifs is 1. The van der Waals surface area contributed by atoms with Crippen molar-refractivity contribution in [1.82, 2.24) is 9.80 Å². The number of Topliss-reactive ketones (excluding diaryl/α,β-unsaturated/α-hetero) is 1. The SMILES string of the molecule is O=C(CCCO)c1ccc(CN2CCCN3CCCC32)cc1. The molecule has 0 aromatic heterocycles. The molecule has 0 saturated carbocycles. The molecule has 2 saturated heterocycles. The number of nitrogens with zero attached hydrogens (tertiary/aromatic N) is 2. The highest BCUT2D eigenvalue weighted by molar-refractivity contribution is 5.96. The molecule has 2 fully saturated rings. The van der Waals surface area contributed by atoms with Crippen LogP contribution in [0.25, 0.3) is 0 Å². The van der Waals surface area contributed by atoms with Crippen LogP contribution in [0.15, 0.2) is 24.3 Å². The minimum atomic E-state index is 0.0800. The van der Waals surface area contributed by atoms with Crippen molar-refractivity contribution >= 4 is 5.78 Å². The first-order chi connectivity index (χ1) is 10.8. The Bertz CT molecular complexity index is 500. The number of hydrogen-bond donors (Lipinski definition) is 1. The smallest absolute Gasteiger partial charge is 0.162 e. The van der Waals surface area contributed by atoms with E-state index in [2.05, 4.69) is 21.9 Å². The molecule has 3 rings (SSSR count). The Balaban J connectivity index is 1.60. The molecule has 1 N–H and O–H groups in total. The van der Waals surface area contributed by atoms with Gasteiger partial charge < -0.3 is 5.11 Å². The van der Waals surface area contributed by atoms with Crippen LogP contribution in [0.5, 0.6) is 0 Å². The van der Waals surface area contributed by atoms with Gasteiger partial charge in [-0.1, -0.05) is 24.3 Å². The molecule has 0 bridgehead atoms. The summed E-state index contributed by atoms with van der Waals surface area (Å²) in [4.78, 5) is 17.1. The molecule has 22 heavy (non-hydrogen) atoms. The molecule has 0 aliphatic carbocycles. The summed E-state index contributed by atoms with van der Waals surface area (Å²) in [6.07, 6.45) is 5.47. The lowest BCUT2D eigenvalue weighted by Crippen LogP contribution is -2.49. The summed E-state index contributed by atoms with van der Waals surface area (Å²) in [5.74, 6) is 0.126. The Hall–Kier alpha value is -1.23. The highest BCUT2D eigenvalue weighted by atomic mass is 16.3. The van der Waals surface area contributed by atoms with Gasteiger partial charge in [0.2, 0.25) is 0 Å². The summed E-state index contributed by atoms with van der Waals surface area (Å²) < 4.78 is 0. The van der Waals surface area contributed by atoms with Gasteiger partial charge in [0, 0.05) is 38.2 Å². The predicted molar refractivity (Wildman–Crippen MR) is 86.7 cm³/mol. The standard InChI is InChI=1S/C18H26N2O2/c21-13-2-4-17(22)16-8-6-15(7-9-16)14-20-12-3-11-19-10-1-5-18(19)20/h6-9,18,21H,1-5,10-14H2. The van der Waals surface area contributed by atoms with Gasteiger partial charge in [-0.05, 0) is 37.8 Å². The number of aliphatic hydroxyl groups is 1. The number of aliphatic hydroxyl groups excluding tert-OH is 1. The zero-order valence-electron chi connectivity index (χ0n) is 13.2. The first-order valence-electron chi connectivity index (χ1n) is 8.49. The second-order valence-electron chi connectivity index (χ2n) is 6.43. The van der Waals surface area contributed by atoms with E-state index in [4.69, 9.17) is 5.11 Å². The molecule has 120 valence electrons. The average Bonchev–Trinajstić information content (AvgIpc) is 3.03. The number of rotatable bonds is 6. The fourth-order valence-electron chi connectivity index (χ4n) is 3.71. The van der Waals surface area contributed by atoms with Crippen LogP contribution in [-0.2, 0) is 6.54 Å².